The minimum Gasteiger partial charge on any atom is -0.391 e. The van der Waals surface area contributed by atoms with Crippen molar-refractivity contribution in [1.82, 2.24) is 9.80 Å². The molecule has 1 unspecified atom stereocenters. The highest BCUT2D eigenvalue weighted by Gasteiger charge is 2.44. The number of hydrogen-bond donors (Lipinski definition) is 1. The van der Waals surface area contributed by atoms with Gasteiger partial charge in [-0.05, 0) is 51.3 Å². The third-order valence-electron chi connectivity index (χ3n) is 6.49. The zero-order valence-corrected chi connectivity index (χ0v) is 15.9. The van der Waals surface area contributed by atoms with Crippen LogP contribution in [0.4, 0.5) is 0 Å². The van der Waals surface area contributed by atoms with Gasteiger partial charge in [-0.3, -0.25) is 19.3 Å². The summed E-state index contributed by atoms with van der Waals surface area (Å²) in [5, 5.41) is 10.1. The zero-order chi connectivity index (χ0) is 19.3. The van der Waals surface area contributed by atoms with Crippen molar-refractivity contribution in [2.24, 2.45) is 0 Å². The van der Waals surface area contributed by atoms with Gasteiger partial charge in [-0.25, -0.2) is 0 Å². The molecule has 144 valence electrons. The Morgan fingerprint density at radius 3 is 2.33 bits per heavy atom. The number of aliphatic hydroxyl groups is 1. The van der Waals surface area contributed by atoms with Crippen molar-refractivity contribution in [1.29, 1.82) is 0 Å². The predicted molar refractivity (Wildman–Crippen MR) is 99.6 cm³/mol. The van der Waals surface area contributed by atoms with Gasteiger partial charge in [0.25, 0.3) is 17.7 Å². The Morgan fingerprint density at radius 1 is 1.04 bits per heavy atom. The largest absolute Gasteiger partial charge is 0.391 e. The fourth-order valence-electron chi connectivity index (χ4n) is 4.66. The highest BCUT2D eigenvalue weighted by Crippen LogP contribution is 2.33. The zero-order valence-electron chi connectivity index (χ0n) is 15.9. The molecule has 1 aromatic carbocycles. The third kappa shape index (κ3) is 2.78. The molecule has 4 rings (SSSR count). The molecule has 1 aliphatic carbocycles. The Bertz CT molecular complexity index is 810. The van der Waals surface area contributed by atoms with Crippen molar-refractivity contribution in [2.75, 3.05) is 6.54 Å². The molecule has 2 aliphatic heterocycles. The normalized spacial score (nSPS) is 25.2. The second kappa shape index (κ2) is 6.44. The number of imide groups is 1. The number of nitrogens with zero attached hydrogens (tertiary/aromatic N) is 2. The molecular formula is C21H26N2O4. The van der Waals surface area contributed by atoms with Crippen LogP contribution in [0.3, 0.4) is 0 Å². The lowest BCUT2D eigenvalue weighted by Crippen LogP contribution is -2.48. The fourth-order valence-corrected chi connectivity index (χ4v) is 4.66. The highest BCUT2D eigenvalue weighted by molar-refractivity contribution is 6.22. The van der Waals surface area contributed by atoms with Crippen LogP contribution in [0.2, 0.25) is 0 Å². The first-order valence-corrected chi connectivity index (χ1v) is 9.84. The van der Waals surface area contributed by atoms with Crippen molar-refractivity contribution in [3.05, 3.63) is 34.9 Å². The van der Waals surface area contributed by atoms with E-state index in [1.807, 2.05) is 13.8 Å². The molecule has 1 saturated heterocycles. The van der Waals surface area contributed by atoms with E-state index in [4.69, 9.17) is 0 Å². The van der Waals surface area contributed by atoms with Gasteiger partial charge < -0.3 is 10.0 Å². The number of fused-ring (bicyclic) bond motifs is 1. The number of amides is 3. The average molecular weight is 370 g/mol. The molecule has 2 heterocycles. The second-order valence-electron chi connectivity index (χ2n) is 8.45. The maximum atomic E-state index is 13.0. The van der Waals surface area contributed by atoms with Crippen LogP contribution in [0.25, 0.3) is 0 Å². The minimum absolute atomic E-state index is 0.0297. The Hall–Kier alpha value is -2.21. The number of aliphatic hydroxyl groups excluding tert-OH is 1. The Kier molecular flexibility index (Phi) is 4.34. The van der Waals surface area contributed by atoms with Crippen LogP contribution in [-0.4, -0.2) is 56.9 Å². The molecule has 1 atom stereocenters. The van der Waals surface area contributed by atoms with E-state index in [0.29, 0.717) is 29.7 Å². The number of rotatable bonds is 2. The minimum atomic E-state index is -0.649. The summed E-state index contributed by atoms with van der Waals surface area (Å²) in [5.41, 5.74) is 0.462. The van der Waals surface area contributed by atoms with E-state index in [-0.39, 0.29) is 23.8 Å². The molecule has 3 aliphatic rings. The van der Waals surface area contributed by atoms with Crippen LogP contribution in [-0.2, 0) is 0 Å². The van der Waals surface area contributed by atoms with Crippen molar-refractivity contribution in [3.63, 3.8) is 0 Å². The molecule has 6 heteroatoms. The molecule has 2 fully saturated rings. The molecule has 27 heavy (non-hydrogen) atoms. The van der Waals surface area contributed by atoms with Gasteiger partial charge in [0.1, 0.15) is 0 Å². The van der Waals surface area contributed by atoms with E-state index in [1.165, 1.54) is 4.90 Å². The molecule has 3 amide bonds. The van der Waals surface area contributed by atoms with E-state index in [9.17, 15) is 19.5 Å². The van der Waals surface area contributed by atoms with E-state index in [1.54, 1.807) is 23.1 Å². The summed E-state index contributed by atoms with van der Waals surface area (Å²) in [6.07, 6.45) is 4.91. The lowest BCUT2D eigenvalue weighted by Gasteiger charge is -2.33. The maximum absolute atomic E-state index is 13.0. The summed E-state index contributed by atoms with van der Waals surface area (Å²) in [4.78, 5) is 41.7. The van der Waals surface area contributed by atoms with E-state index >= 15 is 0 Å². The van der Waals surface area contributed by atoms with Gasteiger partial charge in [-0.15, -0.1) is 0 Å². The second-order valence-corrected chi connectivity index (χ2v) is 8.45. The van der Waals surface area contributed by atoms with Gasteiger partial charge in [0.15, 0.2) is 0 Å². The van der Waals surface area contributed by atoms with Crippen LogP contribution < -0.4 is 0 Å². The Balaban J connectivity index is 1.62. The summed E-state index contributed by atoms with van der Waals surface area (Å²) in [6, 6.07) is 4.75. The molecule has 0 radical (unpaired) electrons. The van der Waals surface area contributed by atoms with Crippen LogP contribution >= 0.6 is 0 Å². The van der Waals surface area contributed by atoms with E-state index in [0.717, 1.165) is 32.1 Å². The van der Waals surface area contributed by atoms with Gasteiger partial charge in [-0.1, -0.05) is 19.3 Å². The standard InChI is InChI=1S/C21H26N2O4/c1-21(2)17(24)10-11-22(21)18(25)13-8-9-15-16(12-13)20(27)23(19(15)26)14-6-4-3-5-7-14/h8-9,12,14,17,24H,3-7,10-11H2,1-2H3. The SMILES string of the molecule is CC1(C)C(O)CCN1C(=O)c1ccc2c(c1)C(=O)N(C1CCCCC1)C2=O. The predicted octanol–water partition coefficient (Wildman–Crippen LogP) is 2.60. The van der Waals surface area contributed by atoms with Gasteiger partial charge in [0, 0.05) is 18.2 Å². The van der Waals surface area contributed by atoms with Crippen LogP contribution in [0, 0.1) is 0 Å². The summed E-state index contributed by atoms with van der Waals surface area (Å²) in [7, 11) is 0. The molecule has 0 aromatic heterocycles. The fraction of sp³-hybridized carbons (Fsp3) is 0.571. The molecule has 1 aromatic rings. The first kappa shape index (κ1) is 18.2. The smallest absolute Gasteiger partial charge is 0.261 e. The van der Waals surface area contributed by atoms with Crippen molar-refractivity contribution in [2.45, 2.75) is 70.1 Å². The maximum Gasteiger partial charge on any atom is 0.261 e. The van der Waals surface area contributed by atoms with Gasteiger partial charge in [0.05, 0.1) is 22.8 Å². The quantitative estimate of drug-likeness (QED) is 0.812. The average Bonchev–Trinajstić information content (AvgIpc) is 3.08. The molecule has 0 bridgehead atoms. The van der Waals surface area contributed by atoms with Crippen molar-refractivity contribution < 1.29 is 19.5 Å². The Labute approximate surface area is 159 Å². The summed E-state index contributed by atoms with van der Waals surface area (Å²) in [6.45, 7) is 4.16. The molecule has 1 saturated carbocycles. The molecular weight excluding hydrogens is 344 g/mol. The number of benzene rings is 1. The number of carbonyl (C=O) groups is 3. The van der Waals surface area contributed by atoms with E-state index < -0.39 is 11.6 Å². The number of hydrogen-bond acceptors (Lipinski definition) is 4. The van der Waals surface area contributed by atoms with E-state index in [2.05, 4.69) is 0 Å². The van der Waals surface area contributed by atoms with Gasteiger partial charge in [0.2, 0.25) is 0 Å². The van der Waals surface area contributed by atoms with Crippen LogP contribution in [0.15, 0.2) is 18.2 Å². The summed E-state index contributed by atoms with van der Waals surface area (Å²) >= 11 is 0. The highest BCUT2D eigenvalue weighted by atomic mass is 16.3. The summed E-state index contributed by atoms with van der Waals surface area (Å²) < 4.78 is 0. The van der Waals surface area contributed by atoms with Crippen LogP contribution in [0.5, 0.6) is 0 Å². The monoisotopic (exact) mass is 370 g/mol. The van der Waals surface area contributed by atoms with Gasteiger partial charge >= 0.3 is 0 Å². The number of likely N-dealkylation sites (tertiary alicyclic amines) is 1. The van der Waals surface area contributed by atoms with Gasteiger partial charge in [-0.2, -0.15) is 0 Å². The third-order valence-corrected chi connectivity index (χ3v) is 6.49. The summed E-state index contributed by atoms with van der Waals surface area (Å²) in [5.74, 6) is -0.731. The number of carbonyl (C=O) groups excluding carboxylic acids is 3. The molecule has 1 N–H and O–H groups in total. The van der Waals surface area contributed by atoms with Crippen molar-refractivity contribution >= 4 is 17.7 Å². The molecule has 6 nitrogen and oxygen atoms in total. The Morgan fingerprint density at radius 2 is 1.70 bits per heavy atom. The molecule has 0 spiro atoms. The van der Waals surface area contributed by atoms with Crippen LogP contribution in [0.1, 0.15) is 83.4 Å². The first-order chi connectivity index (χ1) is 12.8. The topological polar surface area (TPSA) is 77.9 Å². The lowest BCUT2D eigenvalue weighted by molar-refractivity contribution is 0.0394. The lowest BCUT2D eigenvalue weighted by atomic mass is 9.94. The first-order valence-electron chi connectivity index (χ1n) is 9.84. The van der Waals surface area contributed by atoms with Crippen molar-refractivity contribution in [3.8, 4) is 0 Å².